The predicted octanol–water partition coefficient (Wildman–Crippen LogP) is 4.16. The minimum Gasteiger partial charge on any atom is -0.508 e. The van der Waals surface area contributed by atoms with Crippen LogP contribution in [0.3, 0.4) is 0 Å². The molecule has 0 radical (unpaired) electrons. The molecular formula is C16H19NO. The van der Waals surface area contributed by atoms with Gasteiger partial charge in [-0.05, 0) is 43.5 Å². The summed E-state index contributed by atoms with van der Waals surface area (Å²) in [5.74, 6) is 0.322. The van der Waals surface area contributed by atoms with Crippen molar-refractivity contribution in [2.45, 2.75) is 33.2 Å². The molecule has 0 saturated heterocycles. The number of hydrogen-bond donors (Lipinski definition) is 1. The zero-order valence-electron chi connectivity index (χ0n) is 11.1. The van der Waals surface area contributed by atoms with Gasteiger partial charge in [0.25, 0.3) is 0 Å². The third-order valence-electron chi connectivity index (χ3n) is 3.23. The zero-order chi connectivity index (χ0) is 13.1. The highest BCUT2D eigenvalue weighted by Crippen LogP contribution is 2.28. The zero-order valence-corrected chi connectivity index (χ0v) is 11.1. The molecule has 2 rings (SSSR count). The van der Waals surface area contributed by atoms with Crippen molar-refractivity contribution in [1.29, 1.82) is 0 Å². The van der Waals surface area contributed by atoms with Crippen LogP contribution in [0.25, 0.3) is 11.3 Å². The van der Waals surface area contributed by atoms with Gasteiger partial charge in [0.2, 0.25) is 0 Å². The Hall–Kier alpha value is -1.83. The fourth-order valence-electron chi connectivity index (χ4n) is 2.13. The molecule has 18 heavy (non-hydrogen) atoms. The van der Waals surface area contributed by atoms with Crippen molar-refractivity contribution in [1.82, 2.24) is 0 Å². The molecule has 2 heteroatoms. The molecule has 1 aliphatic rings. The maximum Gasteiger partial charge on any atom is 0.119 e. The number of nitrogens with zero attached hydrogens (tertiary/aromatic N) is 1. The Morgan fingerprint density at radius 1 is 1.44 bits per heavy atom. The van der Waals surface area contributed by atoms with Crippen LogP contribution in [0.1, 0.15) is 37.0 Å². The third kappa shape index (κ3) is 2.37. The van der Waals surface area contributed by atoms with Gasteiger partial charge >= 0.3 is 0 Å². The summed E-state index contributed by atoms with van der Waals surface area (Å²) in [7, 11) is 0. The van der Waals surface area contributed by atoms with Gasteiger partial charge < -0.3 is 5.11 Å². The van der Waals surface area contributed by atoms with E-state index in [-0.39, 0.29) is 6.04 Å². The first kappa shape index (κ1) is 12.6. The van der Waals surface area contributed by atoms with Gasteiger partial charge in [-0.1, -0.05) is 30.7 Å². The fraction of sp³-hybridized carbons (Fsp3) is 0.312. The lowest BCUT2D eigenvalue weighted by atomic mass is 9.96. The van der Waals surface area contributed by atoms with Gasteiger partial charge in [0.05, 0.1) is 6.04 Å². The second-order valence-corrected chi connectivity index (χ2v) is 4.60. The van der Waals surface area contributed by atoms with Crippen LogP contribution in [-0.2, 0) is 0 Å². The van der Waals surface area contributed by atoms with Crippen LogP contribution >= 0.6 is 0 Å². The number of aliphatic imine (C=N–C) groups is 1. The van der Waals surface area contributed by atoms with E-state index in [1.807, 2.05) is 26.1 Å². The lowest BCUT2D eigenvalue weighted by Gasteiger charge is -2.09. The largest absolute Gasteiger partial charge is 0.508 e. The van der Waals surface area contributed by atoms with Crippen molar-refractivity contribution >= 4 is 17.5 Å². The first-order chi connectivity index (χ1) is 8.65. The van der Waals surface area contributed by atoms with Crippen molar-refractivity contribution in [2.24, 2.45) is 4.99 Å². The summed E-state index contributed by atoms with van der Waals surface area (Å²) in [6.45, 7) is 6.00. The summed E-state index contributed by atoms with van der Waals surface area (Å²) < 4.78 is 0. The average molecular weight is 241 g/mol. The van der Waals surface area contributed by atoms with Crippen molar-refractivity contribution in [3.8, 4) is 0 Å². The summed E-state index contributed by atoms with van der Waals surface area (Å²) in [4.78, 5) is 4.44. The molecule has 0 aromatic heterocycles. The molecule has 1 aromatic carbocycles. The van der Waals surface area contributed by atoms with E-state index >= 15 is 0 Å². The topological polar surface area (TPSA) is 32.6 Å². The van der Waals surface area contributed by atoms with Crippen LogP contribution in [0.4, 0.5) is 0 Å². The molecule has 94 valence electrons. The average Bonchev–Trinajstić information content (AvgIpc) is 2.86. The van der Waals surface area contributed by atoms with Gasteiger partial charge in [0, 0.05) is 11.8 Å². The van der Waals surface area contributed by atoms with Crippen molar-refractivity contribution in [3.63, 3.8) is 0 Å². The van der Waals surface area contributed by atoms with Gasteiger partial charge in [-0.25, -0.2) is 0 Å². The van der Waals surface area contributed by atoms with E-state index in [1.165, 1.54) is 0 Å². The second-order valence-electron chi connectivity index (χ2n) is 4.60. The molecule has 0 saturated carbocycles. The summed E-state index contributed by atoms with van der Waals surface area (Å²) in [5, 5.41) is 10.0. The number of rotatable bonds is 3. The number of aliphatic hydroxyl groups is 1. The predicted molar refractivity (Wildman–Crippen MR) is 78.0 cm³/mol. The number of hydrogen-bond acceptors (Lipinski definition) is 2. The summed E-state index contributed by atoms with van der Waals surface area (Å²) in [5.41, 5.74) is 4.18. The smallest absolute Gasteiger partial charge is 0.119 e. The molecule has 0 bridgehead atoms. The number of benzene rings is 1. The Morgan fingerprint density at radius 2 is 2.22 bits per heavy atom. The van der Waals surface area contributed by atoms with E-state index in [0.717, 1.165) is 28.7 Å². The van der Waals surface area contributed by atoms with E-state index < -0.39 is 0 Å². The minimum absolute atomic E-state index is 0.280. The Kier molecular flexibility index (Phi) is 3.66. The molecule has 1 unspecified atom stereocenters. The van der Waals surface area contributed by atoms with E-state index in [9.17, 15) is 5.11 Å². The quantitative estimate of drug-likeness (QED) is 0.792. The SMILES string of the molecule is C/C=C(\O)c1cc(C)ccc1C1=CC(CC)N=C1. The van der Waals surface area contributed by atoms with Gasteiger partial charge in [0.1, 0.15) is 5.76 Å². The molecule has 0 aliphatic carbocycles. The van der Waals surface area contributed by atoms with Crippen LogP contribution < -0.4 is 0 Å². The Labute approximate surface area is 108 Å². The number of aryl methyl sites for hydroxylation is 1. The molecule has 1 aromatic rings. The Balaban J connectivity index is 2.49. The number of allylic oxidation sites excluding steroid dienone is 2. The van der Waals surface area contributed by atoms with Crippen LogP contribution in [-0.4, -0.2) is 17.4 Å². The maximum atomic E-state index is 10.0. The number of aliphatic hydroxyl groups excluding tert-OH is 1. The highest BCUT2D eigenvalue weighted by Gasteiger charge is 2.15. The van der Waals surface area contributed by atoms with Crippen LogP contribution in [0.15, 0.2) is 35.3 Å². The first-order valence-electron chi connectivity index (χ1n) is 6.37. The van der Waals surface area contributed by atoms with Gasteiger partial charge in [-0.2, -0.15) is 0 Å². The Morgan fingerprint density at radius 3 is 2.83 bits per heavy atom. The van der Waals surface area contributed by atoms with E-state index in [1.54, 1.807) is 6.08 Å². The fourth-order valence-corrected chi connectivity index (χ4v) is 2.13. The molecule has 0 fully saturated rings. The molecule has 1 N–H and O–H groups in total. The Bertz CT molecular complexity index is 538. The van der Waals surface area contributed by atoms with Crippen LogP contribution in [0.5, 0.6) is 0 Å². The molecule has 1 heterocycles. The molecule has 1 atom stereocenters. The van der Waals surface area contributed by atoms with Crippen molar-refractivity contribution in [2.75, 3.05) is 0 Å². The second kappa shape index (κ2) is 5.21. The summed E-state index contributed by atoms with van der Waals surface area (Å²) >= 11 is 0. The molecule has 0 spiro atoms. The standard InChI is InChI=1S/C16H19NO/c1-4-13-9-12(10-17-13)14-7-6-11(3)8-15(14)16(18)5-2/h5-10,13,18H,4H2,1-3H3/b16-5-. The minimum atomic E-state index is 0.280. The lowest BCUT2D eigenvalue weighted by Crippen LogP contribution is -1.95. The van der Waals surface area contributed by atoms with Crippen molar-refractivity contribution in [3.05, 3.63) is 47.0 Å². The summed E-state index contributed by atoms with van der Waals surface area (Å²) in [6.07, 6.45) is 6.81. The van der Waals surface area contributed by atoms with Crippen LogP contribution in [0, 0.1) is 6.92 Å². The molecule has 2 nitrogen and oxygen atoms in total. The van der Waals surface area contributed by atoms with E-state index in [4.69, 9.17) is 0 Å². The summed E-state index contributed by atoms with van der Waals surface area (Å²) in [6, 6.07) is 6.41. The first-order valence-corrected chi connectivity index (χ1v) is 6.37. The molecule has 0 amide bonds. The molecular weight excluding hydrogens is 222 g/mol. The monoisotopic (exact) mass is 241 g/mol. The van der Waals surface area contributed by atoms with Gasteiger partial charge in [0.15, 0.2) is 0 Å². The van der Waals surface area contributed by atoms with E-state index in [0.29, 0.717) is 5.76 Å². The highest BCUT2D eigenvalue weighted by molar-refractivity contribution is 6.13. The third-order valence-corrected chi connectivity index (χ3v) is 3.23. The molecule has 1 aliphatic heterocycles. The highest BCUT2D eigenvalue weighted by atomic mass is 16.3. The van der Waals surface area contributed by atoms with E-state index in [2.05, 4.69) is 30.1 Å². The maximum absolute atomic E-state index is 10.0. The normalized spacial score (nSPS) is 19.2. The van der Waals surface area contributed by atoms with Crippen molar-refractivity contribution < 1.29 is 5.11 Å². The van der Waals surface area contributed by atoms with Gasteiger partial charge in [-0.3, -0.25) is 4.99 Å². The van der Waals surface area contributed by atoms with Gasteiger partial charge in [-0.15, -0.1) is 0 Å². The van der Waals surface area contributed by atoms with Crippen LogP contribution in [0.2, 0.25) is 0 Å². The lowest BCUT2D eigenvalue weighted by molar-refractivity contribution is 0.510.